The molecule has 1 aliphatic rings. The maximum atomic E-state index is 11.4. The van der Waals surface area contributed by atoms with Crippen molar-refractivity contribution in [2.45, 2.75) is 19.6 Å². The lowest BCUT2D eigenvalue weighted by atomic mass is 9.94. The molecule has 0 bridgehead atoms. The van der Waals surface area contributed by atoms with Crippen molar-refractivity contribution in [1.29, 1.82) is 0 Å². The Hall–Kier alpha value is -1.39. The minimum atomic E-state index is -0.255. The van der Waals surface area contributed by atoms with Gasteiger partial charge in [-0.15, -0.1) is 0 Å². The van der Waals surface area contributed by atoms with Crippen LogP contribution >= 0.6 is 0 Å². The number of hydrogen-bond donors (Lipinski definition) is 2. The van der Waals surface area contributed by atoms with E-state index in [0.29, 0.717) is 12.2 Å². The van der Waals surface area contributed by atoms with Crippen LogP contribution in [-0.2, 0) is 11.3 Å². The number of aliphatic hydroxyl groups is 1. The minimum absolute atomic E-state index is 0.0327. The Kier molecular flexibility index (Phi) is 2.94. The number of hydrogen-bond acceptors (Lipinski definition) is 4. The molecule has 0 spiro atoms. The summed E-state index contributed by atoms with van der Waals surface area (Å²) in [5, 5.41) is 12.3. The van der Waals surface area contributed by atoms with Crippen molar-refractivity contribution < 1.29 is 14.6 Å². The van der Waals surface area contributed by atoms with Crippen LogP contribution in [0.2, 0.25) is 0 Å². The third-order valence-corrected chi connectivity index (χ3v) is 3.11. The first kappa shape index (κ1) is 11.1. The number of benzene rings is 1. The van der Waals surface area contributed by atoms with Gasteiger partial charge in [-0.05, 0) is 31.2 Å². The van der Waals surface area contributed by atoms with Gasteiger partial charge in [0, 0.05) is 5.56 Å². The number of cyclic esters (lactones) is 1. The fourth-order valence-electron chi connectivity index (χ4n) is 2.09. The first-order valence-corrected chi connectivity index (χ1v) is 5.26. The van der Waals surface area contributed by atoms with Gasteiger partial charge in [-0.2, -0.15) is 0 Å². The molecule has 0 radical (unpaired) electrons. The molecule has 0 aliphatic carbocycles. The summed E-state index contributed by atoms with van der Waals surface area (Å²) in [6, 6.07) is 3.55. The monoisotopic (exact) mass is 221 g/mol. The summed E-state index contributed by atoms with van der Waals surface area (Å²) in [7, 11) is 1.80. The Morgan fingerprint density at radius 2 is 2.31 bits per heavy atom. The first-order valence-electron chi connectivity index (χ1n) is 5.26. The van der Waals surface area contributed by atoms with E-state index < -0.39 is 0 Å². The molecule has 1 atom stereocenters. The second-order valence-electron chi connectivity index (χ2n) is 3.91. The van der Waals surface area contributed by atoms with Crippen LogP contribution in [0, 0.1) is 6.92 Å². The van der Waals surface area contributed by atoms with Gasteiger partial charge in [-0.3, -0.25) is 0 Å². The van der Waals surface area contributed by atoms with Gasteiger partial charge in [0.05, 0.1) is 18.2 Å². The second-order valence-corrected chi connectivity index (χ2v) is 3.91. The number of rotatable bonds is 3. The highest BCUT2D eigenvalue weighted by molar-refractivity contribution is 5.93. The van der Waals surface area contributed by atoms with Crippen LogP contribution in [0.3, 0.4) is 0 Å². The highest BCUT2D eigenvalue weighted by Gasteiger charge is 2.25. The van der Waals surface area contributed by atoms with Crippen molar-refractivity contribution in [2.75, 3.05) is 13.7 Å². The maximum absolute atomic E-state index is 11.4. The molecule has 86 valence electrons. The minimum Gasteiger partial charge on any atom is -0.457 e. The molecule has 1 aliphatic heterocycles. The Morgan fingerprint density at radius 1 is 1.56 bits per heavy atom. The van der Waals surface area contributed by atoms with E-state index in [1.54, 1.807) is 13.1 Å². The molecule has 1 heterocycles. The van der Waals surface area contributed by atoms with Gasteiger partial charge in [0.1, 0.15) is 6.61 Å². The number of carbonyl (C=O) groups excluding carboxylic acids is 1. The molecule has 4 heteroatoms. The van der Waals surface area contributed by atoms with E-state index in [2.05, 4.69) is 5.32 Å². The third-order valence-electron chi connectivity index (χ3n) is 3.11. The van der Waals surface area contributed by atoms with Crippen molar-refractivity contribution in [3.05, 3.63) is 34.4 Å². The van der Waals surface area contributed by atoms with Crippen LogP contribution < -0.4 is 5.32 Å². The molecule has 0 amide bonds. The second kappa shape index (κ2) is 4.23. The van der Waals surface area contributed by atoms with Crippen LogP contribution in [0.25, 0.3) is 0 Å². The Labute approximate surface area is 94.2 Å². The largest absolute Gasteiger partial charge is 0.457 e. The van der Waals surface area contributed by atoms with E-state index in [9.17, 15) is 9.90 Å². The topological polar surface area (TPSA) is 58.6 Å². The van der Waals surface area contributed by atoms with Gasteiger partial charge in [0.15, 0.2) is 0 Å². The van der Waals surface area contributed by atoms with Crippen LogP contribution in [0.1, 0.15) is 33.1 Å². The van der Waals surface area contributed by atoms with Crippen molar-refractivity contribution in [2.24, 2.45) is 0 Å². The predicted molar refractivity (Wildman–Crippen MR) is 59.2 cm³/mol. The van der Waals surface area contributed by atoms with Gasteiger partial charge in [0.25, 0.3) is 0 Å². The SMILES string of the molecule is CNC(CO)c1ccc2c(c1C)COC2=O. The molecule has 1 aromatic carbocycles. The highest BCUT2D eigenvalue weighted by atomic mass is 16.5. The summed E-state index contributed by atoms with van der Waals surface area (Å²) >= 11 is 0. The summed E-state index contributed by atoms with van der Waals surface area (Å²) in [5.74, 6) is -0.255. The molecule has 0 saturated carbocycles. The molecule has 16 heavy (non-hydrogen) atoms. The molecular formula is C12H15NO3. The van der Waals surface area contributed by atoms with Gasteiger partial charge in [-0.1, -0.05) is 6.07 Å². The van der Waals surface area contributed by atoms with Crippen LogP contribution in [0.4, 0.5) is 0 Å². The lowest BCUT2D eigenvalue weighted by molar-refractivity contribution is 0.0535. The number of nitrogens with one attached hydrogen (secondary N) is 1. The third kappa shape index (κ3) is 1.60. The number of esters is 1. The lowest BCUT2D eigenvalue weighted by Gasteiger charge is -2.17. The standard InChI is InChI=1S/C12H15NO3/c1-7-8(11(5-14)13-2)3-4-9-10(7)6-16-12(9)15/h3-4,11,13-14H,5-6H2,1-2H3. The number of fused-ring (bicyclic) bond motifs is 1. The van der Waals surface area contributed by atoms with E-state index >= 15 is 0 Å². The molecule has 1 unspecified atom stereocenters. The summed E-state index contributed by atoms with van der Waals surface area (Å²) in [6.45, 7) is 2.33. The number of ether oxygens (including phenoxy) is 1. The molecule has 0 fully saturated rings. The average Bonchev–Trinajstić information content (AvgIpc) is 2.66. The van der Waals surface area contributed by atoms with Crippen molar-refractivity contribution in [3.63, 3.8) is 0 Å². The summed E-state index contributed by atoms with van der Waals surface area (Å²) in [4.78, 5) is 11.4. The zero-order valence-corrected chi connectivity index (χ0v) is 9.41. The Bertz CT molecular complexity index is 425. The van der Waals surface area contributed by atoms with Crippen molar-refractivity contribution in [3.8, 4) is 0 Å². The van der Waals surface area contributed by atoms with Gasteiger partial charge in [0.2, 0.25) is 0 Å². The summed E-state index contributed by atoms with van der Waals surface area (Å²) < 4.78 is 4.98. The first-order chi connectivity index (χ1) is 7.69. The van der Waals surface area contributed by atoms with E-state index in [1.165, 1.54) is 0 Å². The molecule has 0 saturated heterocycles. The Balaban J connectivity index is 2.47. The highest BCUT2D eigenvalue weighted by Crippen LogP contribution is 2.28. The van der Waals surface area contributed by atoms with Crippen LogP contribution in [-0.4, -0.2) is 24.7 Å². The van der Waals surface area contributed by atoms with Gasteiger partial charge < -0.3 is 15.2 Å². The molecular weight excluding hydrogens is 206 g/mol. The molecule has 2 rings (SSSR count). The fourth-order valence-corrected chi connectivity index (χ4v) is 2.09. The summed E-state index contributed by atoms with van der Waals surface area (Å²) in [6.07, 6.45) is 0. The van der Waals surface area contributed by atoms with Crippen molar-refractivity contribution in [1.82, 2.24) is 5.32 Å². The lowest BCUT2D eigenvalue weighted by Crippen LogP contribution is -2.21. The van der Waals surface area contributed by atoms with E-state index in [-0.39, 0.29) is 18.6 Å². The van der Waals surface area contributed by atoms with Crippen LogP contribution in [0.15, 0.2) is 12.1 Å². The van der Waals surface area contributed by atoms with Gasteiger partial charge >= 0.3 is 5.97 Å². The molecule has 0 aromatic heterocycles. The van der Waals surface area contributed by atoms with Crippen molar-refractivity contribution >= 4 is 5.97 Å². The number of likely N-dealkylation sites (N-methyl/N-ethyl adjacent to an activating group) is 1. The zero-order valence-electron chi connectivity index (χ0n) is 9.41. The molecule has 2 N–H and O–H groups in total. The maximum Gasteiger partial charge on any atom is 0.338 e. The van der Waals surface area contributed by atoms with E-state index in [4.69, 9.17) is 4.74 Å². The number of aliphatic hydroxyl groups excluding tert-OH is 1. The smallest absolute Gasteiger partial charge is 0.338 e. The van der Waals surface area contributed by atoms with E-state index in [0.717, 1.165) is 16.7 Å². The molecule has 4 nitrogen and oxygen atoms in total. The Morgan fingerprint density at radius 3 is 2.94 bits per heavy atom. The molecule has 1 aromatic rings. The quantitative estimate of drug-likeness (QED) is 0.745. The van der Waals surface area contributed by atoms with Crippen LogP contribution in [0.5, 0.6) is 0 Å². The average molecular weight is 221 g/mol. The summed E-state index contributed by atoms with van der Waals surface area (Å²) in [5.41, 5.74) is 3.63. The van der Waals surface area contributed by atoms with Gasteiger partial charge in [-0.25, -0.2) is 4.79 Å². The normalized spacial score (nSPS) is 15.8. The fraction of sp³-hybridized carbons (Fsp3) is 0.417. The van der Waals surface area contributed by atoms with E-state index in [1.807, 2.05) is 13.0 Å². The predicted octanol–water partition coefficient (Wildman–Crippen LogP) is 0.918. The zero-order chi connectivity index (χ0) is 11.7. The number of carbonyl (C=O) groups is 1.